The van der Waals surface area contributed by atoms with Crippen molar-refractivity contribution in [2.24, 2.45) is 5.92 Å². The molecule has 0 aliphatic carbocycles. The van der Waals surface area contributed by atoms with Gasteiger partial charge in [-0.1, -0.05) is 23.7 Å². The molecule has 0 radical (unpaired) electrons. The van der Waals surface area contributed by atoms with Gasteiger partial charge >= 0.3 is 0 Å². The van der Waals surface area contributed by atoms with Crippen LogP contribution in [0.2, 0.25) is 5.02 Å². The molecule has 5 rings (SSSR count). The number of carbonyl (C=O) groups excluding carboxylic acids is 2. The first-order valence-electron chi connectivity index (χ1n) is 9.38. The highest BCUT2D eigenvalue weighted by atomic mass is 35.5. The van der Waals surface area contributed by atoms with E-state index in [1.807, 2.05) is 17.1 Å². The molecule has 8 nitrogen and oxygen atoms in total. The number of fused-ring (bicyclic) bond motifs is 3. The summed E-state index contributed by atoms with van der Waals surface area (Å²) in [6, 6.07) is 12.1. The number of amides is 2. The molecule has 0 aromatic heterocycles. The van der Waals surface area contributed by atoms with Crippen LogP contribution in [0, 0.1) is 16.0 Å². The van der Waals surface area contributed by atoms with E-state index in [1.165, 1.54) is 29.2 Å². The van der Waals surface area contributed by atoms with Crippen LogP contribution < -0.4 is 4.90 Å². The zero-order chi connectivity index (χ0) is 20.3. The van der Waals surface area contributed by atoms with Gasteiger partial charge in [-0.2, -0.15) is 0 Å². The predicted molar refractivity (Wildman–Crippen MR) is 105 cm³/mol. The summed E-state index contributed by atoms with van der Waals surface area (Å²) in [6.45, 7) is 1.51. The monoisotopic (exact) mass is 412 g/mol. The van der Waals surface area contributed by atoms with E-state index in [0.717, 1.165) is 25.1 Å². The van der Waals surface area contributed by atoms with Gasteiger partial charge in [0.05, 0.1) is 22.6 Å². The standard InChI is InChI=1S/C20H17ClN4O4/c21-13-4-2-12(3-5-13)17-16-18(23-11-1-10-22(17)23)20(27)24(19(16)26)14-6-8-15(9-7-14)25(28)29/h2-9,16-18H,1,10-11H2/t16-,17-,18+/m0/s1. The second kappa shape index (κ2) is 6.62. The first-order chi connectivity index (χ1) is 14.0. The van der Waals surface area contributed by atoms with Crippen LogP contribution in [0.3, 0.4) is 0 Å². The highest BCUT2D eigenvalue weighted by molar-refractivity contribution is 6.30. The third-order valence-corrected chi connectivity index (χ3v) is 6.19. The zero-order valence-corrected chi connectivity index (χ0v) is 16.0. The van der Waals surface area contributed by atoms with Crippen molar-refractivity contribution in [1.29, 1.82) is 0 Å². The lowest BCUT2D eigenvalue weighted by Crippen LogP contribution is -2.44. The molecule has 9 heteroatoms. The zero-order valence-electron chi connectivity index (χ0n) is 15.3. The van der Waals surface area contributed by atoms with Crippen molar-refractivity contribution < 1.29 is 14.5 Å². The van der Waals surface area contributed by atoms with Gasteiger partial charge in [-0.3, -0.25) is 19.7 Å². The minimum Gasteiger partial charge on any atom is -0.274 e. The summed E-state index contributed by atoms with van der Waals surface area (Å²) < 4.78 is 0. The molecule has 3 aliphatic rings. The normalized spacial score (nSPS) is 26.8. The van der Waals surface area contributed by atoms with Crippen molar-refractivity contribution in [1.82, 2.24) is 10.0 Å². The summed E-state index contributed by atoms with van der Waals surface area (Å²) >= 11 is 6.03. The minimum atomic E-state index is -0.555. The molecule has 0 spiro atoms. The SMILES string of the molecule is O=C1[C@@H]2[C@H](C(=O)N1c1ccc([N+](=O)[O-])cc1)N1CCCN1[C@H]2c1ccc(Cl)cc1. The van der Waals surface area contributed by atoms with Gasteiger partial charge in [0.25, 0.3) is 11.6 Å². The Kier molecular flexibility index (Phi) is 4.16. The van der Waals surface area contributed by atoms with Gasteiger partial charge in [0, 0.05) is 30.2 Å². The highest BCUT2D eigenvalue weighted by Gasteiger charge is 2.62. The number of hydrazine groups is 1. The summed E-state index contributed by atoms with van der Waals surface area (Å²) in [5.74, 6) is -1.08. The van der Waals surface area contributed by atoms with Crippen molar-refractivity contribution in [2.75, 3.05) is 18.0 Å². The van der Waals surface area contributed by atoms with Gasteiger partial charge in [0.15, 0.2) is 0 Å². The number of non-ortho nitro benzene ring substituents is 1. The summed E-state index contributed by atoms with van der Waals surface area (Å²) in [5, 5.41) is 15.7. The minimum absolute atomic E-state index is 0.0854. The molecule has 148 valence electrons. The third-order valence-electron chi connectivity index (χ3n) is 5.94. The number of anilines is 1. The van der Waals surface area contributed by atoms with Crippen molar-refractivity contribution in [3.05, 3.63) is 69.2 Å². The molecule has 3 saturated heterocycles. The molecular formula is C20H17ClN4O4. The van der Waals surface area contributed by atoms with Gasteiger partial charge in [0.1, 0.15) is 6.04 Å². The van der Waals surface area contributed by atoms with Crippen LogP contribution in [0.15, 0.2) is 48.5 Å². The van der Waals surface area contributed by atoms with Crippen LogP contribution in [0.25, 0.3) is 0 Å². The van der Waals surface area contributed by atoms with Crippen LogP contribution in [0.1, 0.15) is 18.0 Å². The Balaban J connectivity index is 1.54. The molecule has 3 heterocycles. The van der Waals surface area contributed by atoms with Crippen LogP contribution in [-0.4, -0.2) is 45.9 Å². The Labute approximate surface area is 171 Å². The van der Waals surface area contributed by atoms with Gasteiger partial charge in [-0.25, -0.2) is 14.9 Å². The van der Waals surface area contributed by atoms with Gasteiger partial charge in [-0.15, -0.1) is 0 Å². The van der Waals surface area contributed by atoms with Gasteiger partial charge in [0.2, 0.25) is 5.91 Å². The van der Waals surface area contributed by atoms with Crippen LogP contribution >= 0.6 is 11.6 Å². The fourth-order valence-electron chi connectivity index (χ4n) is 4.75. The first-order valence-corrected chi connectivity index (χ1v) is 9.76. The molecule has 0 bridgehead atoms. The number of benzene rings is 2. The van der Waals surface area contributed by atoms with Crippen molar-refractivity contribution in [3.8, 4) is 0 Å². The summed E-state index contributed by atoms with van der Waals surface area (Å²) in [7, 11) is 0. The number of imide groups is 1. The summed E-state index contributed by atoms with van der Waals surface area (Å²) in [6.07, 6.45) is 0.923. The van der Waals surface area contributed by atoms with Crippen LogP contribution in [-0.2, 0) is 9.59 Å². The Morgan fingerprint density at radius 3 is 2.14 bits per heavy atom. The molecule has 29 heavy (non-hydrogen) atoms. The number of halogens is 1. The molecular weight excluding hydrogens is 396 g/mol. The quantitative estimate of drug-likeness (QED) is 0.437. The second-order valence-corrected chi connectivity index (χ2v) is 7.87. The van der Waals surface area contributed by atoms with Crippen LogP contribution in [0.4, 0.5) is 11.4 Å². The average molecular weight is 413 g/mol. The number of nitro benzene ring substituents is 1. The maximum absolute atomic E-state index is 13.4. The predicted octanol–water partition coefficient (Wildman–Crippen LogP) is 2.78. The number of nitro groups is 1. The molecule has 2 aromatic rings. The maximum atomic E-state index is 13.4. The Morgan fingerprint density at radius 1 is 0.897 bits per heavy atom. The lowest BCUT2D eigenvalue weighted by Gasteiger charge is -2.29. The molecule has 3 aliphatic heterocycles. The lowest BCUT2D eigenvalue weighted by atomic mass is 9.90. The largest absolute Gasteiger partial charge is 0.274 e. The van der Waals surface area contributed by atoms with E-state index < -0.39 is 16.9 Å². The number of hydrogen-bond donors (Lipinski definition) is 0. The Bertz CT molecular complexity index is 1010. The van der Waals surface area contributed by atoms with Gasteiger partial charge < -0.3 is 0 Å². The van der Waals surface area contributed by atoms with Crippen molar-refractivity contribution >= 4 is 34.8 Å². The molecule has 0 unspecified atom stereocenters. The van der Waals surface area contributed by atoms with E-state index in [4.69, 9.17) is 11.6 Å². The smallest absolute Gasteiger partial charge is 0.269 e. The fraction of sp³-hybridized carbons (Fsp3) is 0.300. The van der Waals surface area contributed by atoms with E-state index in [2.05, 4.69) is 5.01 Å². The van der Waals surface area contributed by atoms with Gasteiger partial charge in [-0.05, 0) is 36.2 Å². The van der Waals surface area contributed by atoms with E-state index in [-0.39, 0.29) is 23.5 Å². The molecule has 2 aromatic carbocycles. The highest BCUT2D eigenvalue weighted by Crippen LogP contribution is 2.49. The Morgan fingerprint density at radius 2 is 1.52 bits per heavy atom. The third kappa shape index (κ3) is 2.67. The number of nitrogens with zero attached hydrogens (tertiary/aromatic N) is 4. The van der Waals surface area contributed by atoms with E-state index in [9.17, 15) is 19.7 Å². The first kappa shape index (κ1) is 18.2. The molecule has 0 N–H and O–H groups in total. The summed E-state index contributed by atoms with van der Waals surface area (Å²) in [5.41, 5.74) is 1.22. The summed E-state index contributed by atoms with van der Waals surface area (Å²) in [4.78, 5) is 38.2. The molecule has 0 saturated carbocycles. The maximum Gasteiger partial charge on any atom is 0.269 e. The molecule has 2 amide bonds. The topological polar surface area (TPSA) is 87.0 Å². The lowest BCUT2D eigenvalue weighted by molar-refractivity contribution is -0.384. The van der Waals surface area contributed by atoms with Crippen molar-refractivity contribution in [3.63, 3.8) is 0 Å². The average Bonchev–Trinajstić information content (AvgIpc) is 3.35. The Hall–Kier alpha value is -2.81. The second-order valence-electron chi connectivity index (χ2n) is 7.43. The van der Waals surface area contributed by atoms with Crippen molar-refractivity contribution in [2.45, 2.75) is 18.5 Å². The molecule has 3 atom stereocenters. The number of rotatable bonds is 3. The number of carbonyl (C=O) groups is 2. The molecule has 3 fully saturated rings. The van der Waals surface area contributed by atoms with Crippen LogP contribution in [0.5, 0.6) is 0 Å². The van der Waals surface area contributed by atoms with E-state index in [1.54, 1.807) is 12.1 Å². The number of hydrogen-bond acceptors (Lipinski definition) is 6. The van der Waals surface area contributed by atoms with E-state index >= 15 is 0 Å². The fourth-order valence-corrected chi connectivity index (χ4v) is 4.88. The van der Waals surface area contributed by atoms with E-state index in [0.29, 0.717) is 10.7 Å².